The van der Waals surface area contributed by atoms with E-state index in [1.165, 1.54) is 10.7 Å². The summed E-state index contributed by atoms with van der Waals surface area (Å²) in [5.41, 5.74) is 2.89. The van der Waals surface area contributed by atoms with E-state index >= 15 is 0 Å². The molecule has 0 aliphatic carbocycles. The minimum absolute atomic E-state index is 0.147. The second kappa shape index (κ2) is 12.0. The van der Waals surface area contributed by atoms with Crippen LogP contribution in [0.5, 0.6) is 0 Å². The van der Waals surface area contributed by atoms with Crippen LogP contribution >= 0.6 is 23.2 Å². The molecule has 4 heterocycles. The lowest BCUT2D eigenvalue weighted by atomic mass is 9.98. The van der Waals surface area contributed by atoms with E-state index in [9.17, 15) is 14.4 Å². The number of halogens is 2. The van der Waals surface area contributed by atoms with Crippen molar-refractivity contribution in [1.82, 2.24) is 35.2 Å². The molecule has 0 radical (unpaired) electrons. The average Bonchev–Trinajstić information content (AvgIpc) is 3.42. The van der Waals surface area contributed by atoms with Gasteiger partial charge in [-0.1, -0.05) is 53.4 Å². The van der Waals surface area contributed by atoms with Crippen molar-refractivity contribution in [2.45, 2.75) is 37.8 Å². The maximum atomic E-state index is 13.7. The molecular formula is C29H28Cl2N8O3. The molecule has 2 bridgehead atoms. The Morgan fingerprint density at radius 3 is 2.64 bits per heavy atom. The summed E-state index contributed by atoms with van der Waals surface area (Å²) in [6, 6.07) is 13.2. The molecule has 4 aromatic rings. The number of fused-ring (bicyclic) bond motifs is 4. The van der Waals surface area contributed by atoms with Crippen LogP contribution in [0.1, 0.15) is 37.3 Å². The molecule has 1 unspecified atom stereocenters. The normalized spacial score (nSPS) is 19.7. The Morgan fingerprint density at radius 1 is 0.952 bits per heavy atom. The highest BCUT2D eigenvalue weighted by Crippen LogP contribution is 2.31. The van der Waals surface area contributed by atoms with Crippen molar-refractivity contribution in [3.05, 3.63) is 87.1 Å². The zero-order valence-corrected chi connectivity index (χ0v) is 24.1. The Labute approximate surface area is 251 Å². The van der Waals surface area contributed by atoms with E-state index in [0.717, 1.165) is 24.8 Å². The number of nitrogens with zero attached hydrogens (tertiary/aromatic N) is 6. The minimum Gasteiger partial charge on any atom is -0.354 e. The van der Waals surface area contributed by atoms with Crippen LogP contribution in [-0.4, -0.2) is 62.0 Å². The van der Waals surface area contributed by atoms with Gasteiger partial charge in [0.2, 0.25) is 11.8 Å². The molecule has 2 atom stereocenters. The van der Waals surface area contributed by atoms with Crippen molar-refractivity contribution in [2.24, 2.45) is 0 Å². The second-order valence-corrected chi connectivity index (χ2v) is 11.2. The summed E-state index contributed by atoms with van der Waals surface area (Å²) in [5, 5.41) is 14.6. The lowest BCUT2D eigenvalue weighted by molar-refractivity contribution is -0.127. The molecule has 2 aliphatic heterocycles. The molecular weight excluding hydrogens is 579 g/mol. The van der Waals surface area contributed by atoms with E-state index < -0.39 is 6.04 Å². The van der Waals surface area contributed by atoms with E-state index in [1.807, 2.05) is 24.3 Å². The summed E-state index contributed by atoms with van der Waals surface area (Å²) in [6.07, 6.45) is 6.28. The van der Waals surface area contributed by atoms with Gasteiger partial charge < -0.3 is 10.6 Å². The largest absolute Gasteiger partial charge is 0.354 e. The number of hydrogen-bond acceptors (Lipinski definition) is 7. The van der Waals surface area contributed by atoms with Gasteiger partial charge in [-0.2, -0.15) is 0 Å². The fraction of sp³-hybridized carbons (Fsp3) is 0.310. The first-order valence-corrected chi connectivity index (χ1v) is 14.5. The topological polar surface area (TPSA) is 127 Å². The van der Waals surface area contributed by atoms with Crippen molar-refractivity contribution < 1.29 is 9.59 Å². The molecule has 2 aliphatic rings. The van der Waals surface area contributed by atoms with E-state index in [4.69, 9.17) is 23.2 Å². The van der Waals surface area contributed by atoms with Gasteiger partial charge in [0.25, 0.3) is 5.56 Å². The summed E-state index contributed by atoms with van der Waals surface area (Å²) in [7, 11) is 0. The first-order valence-electron chi connectivity index (χ1n) is 13.8. The van der Waals surface area contributed by atoms with Crippen LogP contribution in [0.25, 0.3) is 16.9 Å². The third-order valence-corrected chi connectivity index (χ3v) is 8.01. The highest BCUT2D eigenvalue weighted by atomic mass is 35.5. The zero-order chi connectivity index (χ0) is 29.2. The van der Waals surface area contributed by atoms with Crippen LogP contribution in [-0.2, 0) is 9.59 Å². The summed E-state index contributed by atoms with van der Waals surface area (Å²) in [4.78, 5) is 45.9. The Morgan fingerprint density at radius 2 is 1.83 bits per heavy atom. The average molecular weight is 608 g/mol. The molecule has 13 heteroatoms. The predicted molar refractivity (Wildman–Crippen MR) is 159 cm³/mol. The maximum absolute atomic E-state index is 13.7. The van der Waals surface area contributed by atoms with Crippen LogP contribution in [0.15, 0.2) is 65.8 Å². The molecule has 2 aromatic heterocycles. The molecule has 2 N–H and O–H groups in total. The predicted octanol–water partition coefficient (Wildman–Crippen LogP) is 3.38. The first-order chi connectivity index (χ1) is 20.4. The number of carbonyl (C=O) groups is 2. The lowest BCUT2D eigenvalue weighted by Gasteiger charge is -2.35. The quantitative estimate of drug-likeness (QED) is 0.366. The summed E-state index contributed by atoms with van der Waals surface area (Å²) < 4.78 is 3.13. The van der Waals surface area contributed by atoms with Crippen LogP contribution in [0, 0.1) is 0 Å². The van der Waals surface area contributed by atoms with Gasteiger partial charge in [-0.3, -0.25) is 23.9 Å². The minimum atomic E-state index is -0.656. The van der Waals surface area contributed by atoms with Crippen molar-refractivity contribution in [3.8, 4) is 16.9 Å². The van der Waals surface area contributed by atoms with E-state index in [-0.39, 0.29) is 35.1 Å². The Bertz CT molecular complexity index is 1700. The number of nitrogens with one attached hydrogen (secondary N) is 2. The standard InChI is InChI=1S/C29H28Cl2N8O3/c30-19-8-9-24(38-16-26(31)35-36-38)21(12-19)22-13-27(40)37(17-34-22)23-7-2-1-3-10-33-29(42)25-14-32-15-28(41)39(25)20-6-4-5-18(23)11-20/h4-6,8-9,11-13,16-17,23,25,32H,1-3,7,10,14-15H2,(H,33,42)/t23?,25-/m1/s1. The van der Waals surface area contributed by atoms with Crippen LogP contribution < -0.4 is 21.1 Å². The monoisotopic (exact) mass is 606 g/mol. The van der Waals surface area contributed by atoms with Crippen LogP contribution in [0.3, 0.4) is 0 Å². The number of aromatic nitrogens is 5. The van der Waals surface area contributed by atoms with Gasteiger partial charge in [0.1, 0.15) is 6.04 Å². The number of carbonyl (C=O) groups excluding carboxylic acids is 2. The molecule has 42 heavy (non-hydrogen) atoms. The van der Waals surface area contributed by atoms with Crippen molar-refractivity contribution in [3.63, 3.8) is 0 Å². The Hall–Kier alpha value is -4.06. The molecule has 0 spiro atoms. The summed E-state index contributed by atoms with van der Waals surface area (Å²) in [5.74, 6) is -0.361. The Kier molecular flexibility index (Phi) is 8.05. The number of hydrogen-bond donors (Lipinski definition) is 2. The van der Waals surface area contributed by atoms with Crippen molar-refractivity contribution >= 4 is 40.7 Å². The molecule has 1 fully saturated rings. The highest BCUT2D eigenvalue weighted by Gasteiger charge is 2.34. The first kappa shape index (κ1) is 28.1. The number of rotatable bonds is 3. The van der Waals surface area contributed by atoms with E-state index in [1.54, 1.807) is 40.2 Å². The molecule has 2 amide bonds. The van der Waals surface area contributed by atoms with E-state index in [0.29, 0.717) is 47.2 Å². The van der Waals surface area contributed by atoms with Gasteiger partial charge in [0.15, 0.2) is 5.15 Å². The molecule has 2 aromatic carbocycles. The smallest absolute Gasteiger partial charge is 0.254 e. The molecule has 216 valence electrons. The molecule has 11 nitrogen and oxygen atoms in total. The van der Waals surface area contributed by atoms with E-state index in [2.05, 4.69) is 25.9 Å². The third kappa shape index (κ3) is 5.67. The Balaban J connectivity index is 1.40. The number of benzene rings is 2. The molecule has 1 saturated heterocycles. The highest BCUT2D eigenvalue weighted by molar-refractivity contribution is 6.31. The number of piperazine rings is 1. The number of amides is 2. The number of anilines is 1. The summed E-state index contributed by atoms with van der Waals surface area (Å²) in [6.45, 7) is 1.03. The zero-order valence-electron chi connectivity index (χ0n) is 22.5. The summed E-state index contributed by atoms with van der Waals surface area (Å²) >= 11 is 12.3. The van der Waals surface area contributed by atoms with Gasteiger partial charge in [0, 0.05) is 35.4 Å². The maximum Gasteiger partial charge on any atom is 0.254 e. The van der Waals surface area contributed by atoms with Gasteiger partial charge in [-0.25, -0.2) is 9.67 Å². The van der Waals surface area contributed by atoms with Gasteiger partial charge in [-0.05, 0) is 48.7 Å². The fourth-order valence-corrected chi connectivity index (χ4v) is 5.88. The van der Waals surface area contributed by atoms with Crippen molar-refractivity contribution in [1.29, 1.82) is 0 Å². The third-order valence-electron chi connectivity index (χ3n) is 7.60. The van der Waals surface area contributed by atoms with Gasteiger partial charge in [-0.15, -0.1) is 5.10 Å². The van der Waals surface area contributed by atoms with Gasteiger partial charge in [0.05, 0.1) is 36.5 Å². The SMILES string of the molecule is O=C1NCCCCCC(n2cnc(-c3cc(Cl)ccc3-n3cc(Cl)nn3)cc2=O)c2cccc(c2)N2C(=O)CNC[C@H]12. The van der Waals surface area contributed by atoms with Crippen LogP contribution in [0.2, 0.25) is 10.2 Å². The molecule has 6 rings (SSSR count). The second-order valence-electron chi connectivity index (χ2n) is 10.3. The van der Waals surface area contributed by atoms with Crippen LogP contribution in [0.4, 0.5) is 5.69 Å². The van der Waals surface area contributed by atoms with Gasteiger partial charge >= 0.3 is 0 Å². The molecule has 0 saturated carbocycles. The fourth-order valence-electron chi connectivity index (χ4n) is 5.58. The lowest BCUT2D eigenvalue weighted by Crippen LogP contribution is -2.61. The van der Waals surface area contributed by atoms with Crippen molar-refractivity contribution in [2.75, 3.05) is 24.5 Å².